The third-order valence-corrected chi connectivity index (χ3v) is 6.00. The van der Waals surface area contributed by atoms with Crippen molar-refractivity contribution in [2.24, 2.45) is 0 Å². The minimum Gasteiger partial charge on any atom is -0.322 e. The lowest BCUT2D eigenvalue weighted by Gasteiger charge is -2.39. The van der Waals surface area contributed by atoms with Crippen molar-refractivity contribution in [2.75, 3.05) is 31.5 Å². The Morgan fingerprint density at radius 3 is 1.83 bits per heavy atom. The summed E-state index contributed by atoms with van der Waals surface area (Å²) in [6.07, 6.45) is 0. The van der Waals surface area contributed by atoms with Gasteiger partial charge < -0.3 is 10.2 Å². The lowest BCUT2D eigenvalue weighted by molar-refractivity contribution is 0.126. The highest BCUT2D eigenvalue weighted by Crippen LogP contribution is 2.29. The van der Waals surface area contributed by atoms with E-state index in [9.17, 15) is 4.79 Å². The highest BCUT2D eigenvalue weighted by atomic mass is 79.9. The zero-order valence-corrected chi connectivity index (χ0v) is 17.8. The molecule has 29 heavy (non-hydrogen) atoms. The maximum Gasteiger partial charge on any atom is 0.321 e. The second-order valence-corrected chi connectivity index (χ2v) is 8.01. The zero-order valence-electron chi connectivity index (χ0n) is 16.2. The molecule has 1 N–H and O–H groups in total. The molecule has 0 aliphatic carbocycles. The van der Waals surface area contributed by atoms with Crippen molar-refractivity contribution in [3.05, 3.63) is 101 Å². The van der Waals surface area contributed by atoms with Gasteiger partial charge in [0.2, 0.25) is 0 Å². The van der Waals surface area contributed by atoms with Crippen LogP contribution in [0.1, 0.15) is 17.2 Å². The predicted molar refractivity (Wildman–Crippen MR) is 121 cm³/mol. The first-order valence-corrected chi connectivity index (χ1v) is 10.7. The van der Waals surface area contributed by atoms with Crippen molar-refractivity contribution in [2.45, 2.75) is 6.04 Å². The van der Waals surface area contributed by atoms with Gasteiger partial charge in [-0.25, -0.2) is 4.79 Å². The van der Waals surface area contributed by atoms with Crippen LogP contribution < -0.4 is 5.32 Å². The summed E-state index contributed by atoms with van der Waals surface area (Å²) in [6, 6.07) is 29.0. The Morgan fingerprint density at radius 1 is 0.759 bits per heavy atom. The van der Waals surface area contributed by atoms with E-state index in [-0.39, 0.29) is 12.1 Å². The Morgan fingerprint density at radius 2 is 1.28 bits per heavy atom. The van der Waals surface area contributed by atoms with Crippen molar-refractivity contribution < 1.29 is 4.79 Å². The van der Waals surface area contributed by atoms with Gasteiger partial charge in [-0.05, 0) is 39.2 Å². The molecule has 0 saturated carbocycles. The summed E-state index contributed by atoms with van der Waals surface area (Å²) in [7, 11) is 0. The van der Waals surface area contributed by atoms with Crippen LogP contribution in [0, 0.1) is 0 Å². The highest BCUT2D eigenvalue weighted by Gasteiger charge is 2.28. The number of halogens is 1. The second kappa shape index (κ2) is 9.25. The third kappa shape index (κ3) is 4.69. The molecule has 1 saturated heterocycles. The number of hydrogen-bond donors (Lipinski definition) is 1. The molecule has 0 spiro atoms. The lowest BCUT2D eigenvalue weighted by atomic mass is 9.96. The van der Waals surface area contributed by atoms with Crippen LogP contribution in [0.25, 0.3) is 0 Å². The fourth-order valence-corrected chi connectivity index (χ4v) is 4.21. The molecular weight excluding hydrogens is 426 g/mol. The quantitative estimate of drug-likeness (QED) is 0.579. The van der Waals surface area contributed by atoms with Crippen LogP contribution >= 0.6 is 15.9 Å². The first-order chi connectivity index (χ1) is 14.2. The summed E-state index contributed by atoms with van der Waals surface area (Å²) in [4.78, 5) is 17.1. The van der Waals surface area contributed by atoms with Crippen molar-refractivity contribution in [3.63, 3.8) is 0 Å². The van der Waals surface area contributed by atoms with Gasteiger partial charge in [0.15, 0.2) is 0 Å². The minimum atomic E-state index is -0.0486. The van der Waals surface area contributed by atoms with Gasteiger partial charge in [-0.15, -0.1) is 0 Å². The van der Waals surface area contributed by atoms with Crippen LogP contribution in [0.4, 0.5) is 10.5 Å². The van der Waals surface area contributed by atoms with E-state index in [2.05, 4.69) is 86.8 Å². The molecule has 0 atom stereocenters. The van der Waals surface area contributed by atoms with E-state index in [1.807, 2.05) is 29.2 Å². The average Bonchev–Trinajstić information content (AvgIpc) is 2.77. The summed E-state index contributed by atoms with van der Waals surface area (Å²) in [5.74, 6) is 0. The van der Waals surface area contributed by atoms with E-state index in [1.165, 1.54) is 11.1 Å². The van der Waals surface area contributed by atoms with Crippen molar-refractivity contribution >= 4 is 27.6 Å². The number of benzene rings is 3. The summed E-state index contributed by atoms with van der Waals surface area (Å²) < 4.78 is 0.889. The van der Waals surface area contributed by atoms with Crippen LogP contribution in [0.2, 0.25) is 0 Å². The second-order valence-electron chi connectivity index (χ2n) is 7.16. The summed E-state index contributed by atoms with van der Waals surface area (Å²) in [5, 5.41) is 3.01. The number of carbonyl (C=O) groups is 1. The Hall–Kier alpha value is -2.63. The first-order valence-electron chi connectivity index (χ1n) is 9.87. The van der Waals surface area contributed by atoms with Gasteiger partial charge in [-0.3, -0.25) is 4.90 Å². The average molecular weight is 450 g/mol. The van der Waals surface area contributed by atoms with Gasteiger partial charge in [0.1, 0.15) is 0 Å². The van der Waals surface area contributed by atoms with Crippen molar-refractivity contribution in [1.29, 1.82) is 0 Å². The number of para-hydroxylation sites is 1. The SMILES string of the molecule is O=C(Nc1ccccc1Br)N1CCN(C(c2ccccc2)c2ccccc2)CC1. The van der Waals surface area contributed by atoms with E-state index < -0.39 is 0 Å². The first kappa shape index (κ1) is 19.7. The van der Waals surface area contributed by atoms with Crippen LogP contribution in [-0.4, -0.2) is 42.0 Å². The van der Waals surface area contributed by atoms with Crippen LogP contribution in [0.3, 0.4) is 0 Å². The van der Waals surface area contributed by atoms with Crippen LogP contribution in [0.5, 0.6) is 0 Å². The van der Waals surface area contributed by atoms with E-state index in [4.69, 9.17) is 0 Å². The number of hydrogen-bond acceptors (Lipinski definition) is 2. The number of anilines is 1. The van der Waals surface area contributed by atoms with Gasteiger partial charge in [0.05, 0.1) is 11.7 Å². The molecule has 148 valence electrons. The minimum absolute atomic E-state index is 0.0486. The molecule has 4 nitrogen and oxygen atoms in total. The molecule has 3 aromatic rings. The molecule has 4 rings (SSSR count). The summed E-state index contributed by atoms with van der Waals surface area (Å²) in [5.41, 5.74) is 3.36. The molecule has 1 heterocycles. The van der Waals surface area contributed by atoms with Crippen molar-refractivity contribution in [1.82, 2.24) is 9.80 Å². The number of nitrogens with zero attached hydrogens (tertiary/aromatic N) is 2. The Balaban J connectivity index is 1.46. The van der Waals surface area contributed by atoms with E-state index >= 15 is 0 Å². The van der Waals surface area contributed by atoms with Gasteiger partial charge in [0, 0.05) is 30.7 Å². The topological polar surface area (TPSA) is 35.6 Å². The smallest absolute Gasteiger partial charge is 0.321 e. The number of amides is 2. The molecule has 1 aliphatic heterocycles. The van der Waals surface area contributed by atoms with E-state index in [1.54, 1.807) is 0 Å². The monoisotopic (exact) mass is 449 g/mol. The van der Waals surface area contributed by atoms with Crippen LogP contribution in [-0.2, 0) is 0 Å². The Bertz CT molecular complexity index is 901. The molecular formula is C24H24BrN3O. The third-order valence-electron chi connectivity index (χ3n) is 5.31. The Kier molecular flexibility index (Phi) is 6.27. The fourth-order valence-electron chi connectivity index (χ4n) is 3.82. The number of nitrogens with one attached hydrogen (secondary N) is 1. The Labute approximate surface area is 180 Å². The van der Waals surface area contributed by atoms with Gasteiger partial charge in [-0.2, -0.15) is 0 Å². The number of piperazine rings is 1. The molecule has 2 amide bonds. The molecule has 3 aromatic carbocycles. The fraction of sp³-hybridized carbons (Fsp3) is 0.208. The standard InChI is InChI=1S/C24H24BrN3O/c25-21-13-7-8-14-22(21)26-24(29)28-17-15-27(16-18-28)23(19-9-3-1-4-10-19)20-11-5-2-6-12-20/h1-14,23H,15-18H2,(H,26,29). The van der Waals surface area contributed by atoms with Gasteiger partial charge in [0.25, 0.3) is 0 Å². The summed E-state index contributed by atoms with van der Waals surface area (Å²) in [6.45, 7) is 3.06. The molecule has 0 bridgehead atoms. The summed E-state index contributed by atoms with van der Waals surface area (Å²) >= 11 is 3.49. The molecule has 0 unspecified atom stereocenters. The molecule has 1 aliphatic rings. The number of urea groups is 1. The highest BCUT2D eigenvalue weighted by molar-refractivity contribution is 9.10. The molecule has 0 radical (unpaired) electrons. The largest absolute Gasteiger partial charge is 0.322 e. The number of rotatable bonds is 4. The predicted octanol–water partition coefficient (Wildman–Crippen LogP) is 5.39. The van der Waals surface area contributed by atoms with E-state index in [0.717, 1.165) is 23.2 Å². The van der Waals surface area contributed by atoms with Gasteiger partial charge >= 0.3 is 6.03 Å². The lowest BCUT2D eigenvalue weighted by Crippen LogP contribution is -2.51. The van der Waals surface area contributed by atoms with E-state index in [0.29, 0.717) is 13.1 Å². The normalized spacial score (nSPS) is 14.8. The molecule has 0 aromatic heterocycles. The van der Waals surface area contributed by atoms with Crippen molar-refractivity contribution in [3.8, 4) is 0 Å². The maximum atomic E-state index is 12.7. The zero-order chi connectivity index (χ0) is 20.1. The van der Waals surface area contributed by atoms with Crippen LogP contribution in [0.15, 0.2) is 89.4 Å². The molecule has 1 fully saturated rings. The number of carbonyl (C=O) groups excluding carboxylic acids is 1. The molecule has 5 heteroatoms. The van der Waals surface area contributed by atoms with Gasteiger partial charge in [-0.1, -0.05) is 72.8 Å². The maximum absolute atomic E-state index is 12.7.